The summed E-state index contributed by atoms with van der Waals surface area (Å²) in [5, 5.41) is 3.31. The summed E-state index contributed by atoms with van der Waals surface area (Å²) < 4.78 is 26.5. The molecule has 1 aromatic rings. The smallest absolute Gasteiger partial charge is 0.338 e. The van der Waals surface area contributed by atoms with E-state index in [4.69, 9.17) is 35.3 Å². The van der Waals surface area contributed by atoms with Gasteiger partial charge in [0.1, 0.15) is 6.61 Å². The molecule has 0 saturated heterocycles. The van der Waals surface area contributed by atoms with Crippen LogP contribution in [0.3, 0.4) is 0 Å². The second-order valence-electron chi connectivity index (χ2n) is 6.13. The van der Waals surface area contributed by atoms with Crippen molar-refractivity contribution in [3.63, 3.8) is 0 Å². The maximum absolute atomic E-state index is 12.0. The molecule has 0 aromatic heterocycles. The van der Waals surface area contributed by atoms with Gasteiger partial charge in [-0.15, -0.1) is 11.6 Å². The monoisotopic (exact) mass is 431 g/mol. The van der Waals surface area contributed by atoms with Crippen LogP contribution in [0.15, 0.2) is 24.3 Å². The minimum absolute atomic E-state index is 0.209. The van der Waals surface area contributed by atoms with E-state index in [0.717, 1.165) is 25.1 Å². The van der Waals surface area contributed by atoms with Crippen LogP contribution < -0.4 is 5.32 Å². The molecule has 0 saturated carbocycles. The summed E-state index contributed by atoms with van der Waals surface area (Å²) in [6, 6.07) is 7.29. The fourth-order valence-electron chi connectivity index (χ4n) is 2.23. The Bertz CT molecular complexity index is 514. The van der Waals surface area contributed by atoms with Crippen LogP contribution >= 0.6 is 11.6 Å². The van der Waals surface area contributed by atoms with Crippen LogP contribution in [0.5, 0.6) is 0 Å². The number of unbranched alkanes of at least 4 members (excludes halogenated alkanes) is 1. The average molecular weight is 432 g/mol. The van der Waals surface area contributed by atoms with E-state index in [0.29, 0.717) is 64.3 Å². The lowest BCUT2D eigenvalue weighted by Gasteiger charge is -2.09. The number of ether oxygens (including phenoxy) is 5. The lowest BCUT2D eigenvalue weighted by atomic mass is 10.2. The van der Waals surface area contributed by atoms with Crippen LogP contribution in [0.1, 0.15) is 30.1 Å². The molecule has 0 atom stereocenters. The molecule has 7 nitrogen and oxygen atoms in total. The normalized spacial score (nSPS) is 10.8. The van der Waals surface area contributed by atoms with Crippen LogP contribution in [-0.2, 0) is 23.7 Å². The van der Waals surface area contributed by atoms with Crippen LogP contribution in [0.4, 0.5) is 5.69 Å². The van der Waals surface area contributed by atoms with Gasteiger partial charge < -0.3 is 29.0 Å². The molecular weight excluding hydrogens is 398 g/mol. The SMILES string of the molecule is CCCCNc1ccc(C(=O)OCCOCCOCCOCCOCCCl)cc1. The fraction of sp³-hybridized carbons (Fsp3) is 0.667. The van der Waals surface area contributed by atoms with Gasteiger partial charge in [0.15, 0.2) is 0 Å². The average Bonchev–Trinajstić information content (AvgIpc) is 2.74. The van der Waals surface area contributed by atoms with Gasteiger partial charge in [0.05, 0.1) is 58.4 Å². The van der Waals surface area contributed by atoms with Gasteiger partial charge in [0, 0.05) is 18.1 Å². The quantitative estimate of drug-likeness (QED) is 0.204. The van der Waals surface area contributed by atoms with Crippen molar-refractivity contribution in [3.8, 4) is 0 Å². The Morgan fingerprint density at radius 2 is 1.34 bits per heavy atom. The van der Waals surface area contributed by atoms with Crippen LogP contribution in [0, 0.1) is 0 Å². The van der Waals surface area contributed by atoms with Crippen molar-refractivity contribution in [2.45, 2.75) is 19.8 Å². The molecule has 166 valence electrons. The van der Waals surface area contributed by atoms with Gasteiger partial charge in [-0.2, -0.15) is 0 Å². The molecule has 0 radical (unpaired) electrons. The molecule has 1 aromatic carbocycles. The first-order chi connectivity index (χ1) is 14.3. The third-order valence-corrected chi connectivity index (χ3v) is 3.93. The first-order valence-electron chi connectivity index (χ1n) is 10.2. The first-order valence-corrected chi connectivity index (χ1v) is 10.7. The number of hydrogen-bond acceptors (Lipinski definition) is 7. The maximum atomic E-state index is 12.0. The standard InChI is InChI=1S/C21H34ClNO6/c1-2-3-9-23-20-6-4-19(5-7-20)21(24)29-18-17-28-16-15-27-14-13-26-12-11-25-10-8-22/h4-7,23H,2-3,8-18H2,1H3. The highest BCUT2D eigenvalue weighted by Crippen LogP contribution is 2.10. The van der Waals surface area contributed by atoms with Crippen molar-refractivity contribution in [2.24, 2.45) is 0 Å². The Kier molecular flexibility index (Phi) is 16.5. The molecule has 29 heavy (non-hydrogen) atoms. The van der Waals surface area contributed by atoms with Crippen LogP contribution in [0.25, 0.3) is 0 Å². The Balaban J connectivity index is 1.93. The van der Waals surface area contributed by atoms with Gasteiger partial charge in [-0.05, 0) is 30.7 Å². The molecule has 1 rings (SSSR count). The Morgan fingerprint density at radius 3 is 1.86 bits per heavy atom. The van der Waals surface area contributed by atoms with Crippen molar-refractivity contribution < 1.29 is 28.5 Å². The van der Waals surface area contributed by atoms with E-state index in [1.807, 2.05) is 12.1 Å². The fourth-order valence-corrected chi connectivity index (χ4v) is 2.34. The number of halogens is 1. The van der Waals surface area contributed by atoms with E-state index in [1.54, 1.807) is 12.1 Å². The van der Waals surface area contributed by atoms with Crippen molar-refractivity contribution in [2.75, 3.05) is 77.2 Å². The second-order valence-corrected chi connectivity index (χ2v) is 6.51. The van der Waals surface area contributed by atoms with Crippen molar-refractivity contribution >= 4 is 23.3 Å². The van der Waals surface area contributed by atoms with Crippen molar-refractivity contribution in [1.82, 2.24) is 0 Å². The van der Waals surface area contributed by atoms with Gasteiger partial charge in [0.25, 0.3) is 0 Å². The molecule has 8 heteroatoms. The number of alkyl halides is 1. The maximum Gasteiger partial charge on any atom is 0.338 e. The molecule has 0 unspecified atom stereocenters. The Hall–Kier alpha value is -1.38. The highest BCUT2D eigenvalue weighted by atomic mass is 35.5. The Labute approximate surface area is 178 Å². The molecular formula is C21H34ClNO6. The molecule has 0 bridgehead atoms. The van der Waals surface area contributed by atoms with E-state index >= 15 is 0 Å². The van der Waals surface area contributed by atoms with Gasteiger partial charge >= 0.3 is 5.97 Å². The number of carbonyl (C=O) groups is 1. The van der Waals surface area contributed by atoms with Crippen molar-refractivity contribution in [3.05, 3.63) is 29.8 Å². The highest BCUT2D eigenvalue weighted by molar-refractivity contribution is 6.17. The summed E-state index contributed by atoms with van der Waals surface area (Å²) >= 11 is 5.49. The Morgan fingerprint density at radius 1 is 0.828 bits per heavy atom. The van der Waals surface area contributed by atoms with Gasteiger partial charge in [-0.1, -0.05) is 13.3 Å². The molecule has 0 aliphatic heterocycles. The number of esters is 1. The zero-order valence-electron chi connectivity index (χ0n) is 17.3. The lowest BCUT2D eigenvalue weighted by Crippen LogP contribution is -2.14. The number of rotatable bonds is 19. The van der Waals surface area contributed by atoms with Gasteiger partial charge in [-0.3, -0.25) is 0 Å². The summed E-state index contributed by atoms with van der Waals surface area (Å²) in [5.41, 5.74) is 1.53. The summed E-state index contributed by atoms with van der Waals surface area (Å²) in [4.78, 5) is 12.0. The third-order valence-electron chi connectivity index (χ3n) is 3.78. The summed E-state index contributed by atoms with van der Waals surface area (Å²) in [5.74, 6) is 0.142. The molecule has 1 N–H and O–H groups in total. The number of benzene rings is 1. The van der Waals surface area contributed by atoms with Crippen molar-refractivity contribution in [1.29, 1.82) is 0 Å². The predicted molar refractivity (Wildman–Crippen MR) is 114 cm³/mol. The number of anilines is 1. The minimum atomic E-state index is -0.350. The summed E-state index contributed by atoms with van der Waals surface area (Å²) in [7, 11) is 0. The third kappa shape index (κ3) is 14.3. The number of nitrogens with one attached hydrogen (secondary N) is 1. The van der Waals surface area contributed by atoms with E-state index < -0.39 is 0 Å². The van der Waals surface area contributed by atoms with Gasteiger partial charge in [-0.25, -0.2) is 4.79 Å². The van der Waals surface area contributed by atoms with E-state index in [9.17, 15) is 4.79 Å². The first kappa shape index (κ1) is 25.7. The lowest BCUT2D eigenvalue weighted by molar-refractivity contribution is -0.00795. The molecule has 0 spiro atoms. The highest BCUT2D eigenvalue weighted by Gasteiger charge is 2.06. The van der Waals surface area contributed by atoms with Gasteiger partial charge in [0.2, 0.25) is 0 Å². The molecule has 0 amide bonds. The van der Waals surface area contributed by atoms with E-state index in [-0.39, 0.29) is 12.6 Å². The molecule has 0 heterocycles. The summed E-state index contributed by atoms with van der Waals surface area (Å²) in [6.07, 6.45) is 2.26. The summed E-state index contributed by atoms with van der Waals surface area (Å²) in [6.45, 7) is 7.13. The zero-order chi connectivity index (χ0) is 21.0. The largest absolute Gasteiger partial charge is 0.460 e. The zero-order valence-corrected chi connectivity index (χ0v) is 18.1. The topological polar surface area (TPSA) is 75.3 Å². The molecule has 0 aliphatic carbocycles. The van der Waals surface area contributed by atoms with E-state index in [1.165, 1.54) is 0 Å². The van der Waals surface area contributed by atoms with E-state index in [2.05, 4.69) is 12.2 Å². The number of hydrogen-bond donors (Lipinski definition) is 1. The predicted octanol–water partition coefficient (Wildman–Crippen LogP) is 3.36. The molecule has 0 aliphatic rings. The second kappa shape index (κ2) is 18.6. The molecule has 0 fully saturated rings. The number of carbonyl (C=O) groups excluding carboxylic acids is 1. The van der Waals surface area contributed by atoms with Crippen LogP contribution in [-0.4, -0.2) is 77.9 Å². The van der Waals surface area contributed by atoms with Crippen LogP contribution in [0.2, 0.25) is 0 Å². The minimum Gasteiger partial charge on any atom is -0.460 e.